The highest BCUT2D eigenvalue weighted by Crippen LogP contribution is 2.43. The Morgan fingerprint density at radius 3 is 2.57 bits per heavy atom. The number of carbonyl (C=O) groups is 1. The van der Waals surface area contributed by atoms with Gasteiger partial charge in [0.05, 0.1) is 12.1 Å². The summed E-state index contributed by atoms with van der Waals surface area (Å²) in [6, 6.07) is 6.14. The van der Waals surface area contributed by atoms with Crippen LogP contribution in [0, 0.1) is 5.92 Å². The molecule has 0 bridgehead atoms. The second kappa shape index (κ2) is 5.50. The molecule has 1 saturated carbocycles. The van der Waals surface area contributed by atoms with Crippen molar-refractivity contribution in [3.8, 4) is 0 Å². The Morgan fingerprint density at radius 2 is 2.00 bits per heavy atom. The van der Waals surface area contributed by atoms with Gasteiger partial charge in [-0.1, -0.05) is 30.1 Å². The third-order valence-electron chi connectivity index (χ3n) is 4.30. The first-order valence-corrected chi connectivity index (χ1v) is 7.77. The van der Waals surface area contributed by atoms with Gasteiger partial charge in [0, 0.05) is 17.0 Å². The van der Waals surface area contributed by atoms with Gasteiger partial charge in [-0.15, -0.1) is 0 Å². The van der Waals surface area contributed by atoms with Crippen LogP contribution in [0.3, 0.4) is 0 Å². The van der Waals surface area contributed by atoms with E-state index in [-0.39, 0.29) is 18.0 Å². The second-order valence-electron chi connectivity index (χ2n) is 5.80. The molecule has 6 heteroatoms. The van der Waals surface area contributed by atoms with Crippen molar-refractivity contribution < 1.29 is 4.79 Å². The second-order valence-corrected chi connectivity index (χ2v) is 6.68. The lowest BCUT2D eigenvalue weighted by molar-refractivity contribution is -0.117. The predicted molar refractivity (Wildman–Crippen MR) is 84.9 cm³/mol. The number of hydrogen-bond acceptors (Lipinski definition) is 3. The number of halogens is 2. The van der Waals surface area contributed by atoms with E-state index in [2.05, 4.69) is 22.5 Å². The molecule has 1 aliphatic carbocycles. The summed E-state index contributed by atoms with van der Waals surface area (Å²) in [5.74, 6) is 1.22. The van der Waals surface area contributed by atoms with Crippen LogP contribution >= 0.6 is 23.2 Å². The normalized spacial score (nSPS) is 30.6. The molecule has 0 aromatic heterocycles. The maximum atomic E-state index is 11.1. The lowest BCUT2D eigenvalue weighted by Gasteiger charge is -2.18. The van der Waals surface area contributed by atoms with Gasteiger partial charge < -0.3 is 5.32 Å². The molecule has 2 unspecified atom stereocenters. The predicted octanol–water partition coefficient (Wildman–Crippen LogP) is 2.95. The first kappa shape index (κ1) is 14.7. The minimum absolute atomic E-state index is 0.105. The van der Waals surface area contributed by atoms with Crippen molar-refractivity contribution in [3.63, 3.8) is 0 Å². The number of aliphatic imine (C=N–C) groups is 1. The third-order valence-corrected chi connectivity index (χ3v) is 4.74. The van der Waals surface area contributed by atoms with Crippen LogP contribution in [-0.4, -0.2) is 24.0 Å². The van der Waals surface area contributed by atoms with E-state index in [9.17, 15) is 4.79 Å². The minimum Gasteiger partial charge on any atom is -0.351 e. The molecule has 4 nitrogen and oxygen atoms in total. The van der Waals surface area contributed by atoms with E-state index in [1.807, 2.05) is 12.1 Å². The Hall–Kier alpha value is -1.26. The summed E-state index contributed by atoms with van der Waals surface area (Å²) in [5.41, 5.74) is 1.16. The molecule has 4 atom stereocenters. The molecule has 112 valence electrons. The van der Waals surface area contributed by atoms with E-state index in [0.29, 0.717) is 27.8 Å². The average molecular weight is 326 g/mol. The zero-order valence-corrected chi connectivity index (χ0v) is 13.4. The number of nitrogens with one attached hydrogen (secondary N) is 2. The molecule has 1 aliphatic heterocycles. The van der Waals surface area contributed by atoms with Gasteiger partial charge in [-0.25, -0.2) is 4.99 Å². The van der Waals surface area contributed by atoms with Gasteiger partial charge in [-0.3, -0.25) is 10.1 Å². The van der Waals surface area contributed by atoms with Gasteiger partial charge in [0.2, 0.25) is 5.91 Å². The average Bonchev–Trinajstić information content (AvgIpc) is 2.87. The number of fused-ring (bicyclic) bond motifs is 1. The molecule has 1 aromatic rings. The number of hydrogen-bond donors (Lipinski definition) is 2. The molecule has 1 aromatic carbocycles. The summed E-state index contributed by atoms with van der Waals surface area (Å²) in [6.45, 7) is 3.67. The van der Waals surface area contributed by atoms with Crippen molar-refractivity contribution in [1.82, 2.24) is 10.6 Å². The number of benzene rings is 1. The van der Waals surface area contributed by atoms with E-state index >= 15 is 0 Å². The Balaban J connectivity index is 1.80. The maximum Gasteiger partial charge on any atom is 0.223 e. The van der Waals surface area contributed by atoms with Gasteiger partial charge in [-0.05, 0) is 42.0 Å². The van der Waals surface area contributed by atoms with Crippen molar-refractivity contribution in [2.24, 2.45) is 10.9 Å². The van der Waals surface area contributed by atoms with Crippen molar-refractivity contribution in [1.29, 1.82) is 0 Å². The van der Waals surface area contributed by atoms with Crippen molar-refractivity contribution in [2.75, 3.05) is 0 Å². The summed E-state index contributed by atoms with van der Waals surface area (Å²) in [5, 5.41) is 7.35. The van der Waals surface area contributed by atoms with Crippen LogP contribution in [0.1, 0.15) is 31.7 Å². The molecule has 21 heavy (non-hydrogen) atoms. The molecular weight excluding hydrogens is 309 g/mol. The van der Waals surface area contributed by atoms with Crippen LogP contribution in [0.25, 0.3) is 0 Å². The number of carbonyl (C=O) groups excluding carboxylic acids is 1. The third kappa shape index (κ3) is 2.87. The Bertz CT molecular complexity index is 597. The molecular formula is C15H17Cl2N3O. The first-order chi connectivity index (χ1) is 9.94. The zero-order chi connectivity index (χ0) is 15.1. The monoisotopic (exact) mass is 325 g/mol. The Morgan fingerprint density at radius 1 is 1.33 bits per heavy atom. The standard InChI is InChI=1S/C15H17Cl2N3O/c1-7-12(9-3-10(16)5-11(17)4-9)6-13-14(7)20-15(19-13)18-8(2)21/h3-5,7,12-14H,6H2,1-2H3,(H2,18,19,20,21)/t7-,12-,13?,14?/m0/s1. The SMILES string of the molecule is CC(=O)NC1=NC2C(C[C@H](c3cc(Cl)cc(Cl)c3)[C@@H]2C)N1. The van der Waals surface area contributed by atoms with E-state index in [1.54, 1.807) is 6.07 Å². The van der Waals surface area contributed by atoms with E-state index in [0.717, 1.165) is 12.0 Å². The fourth-order valence-corrected chi connectivity index (χ4v) is 3.95. The van der Waals surface area contributed by atoms with Crippen LogP contribution in [0.5, 0.6) is 0 Å². The van der Waals surface area contributed by atoms with Crippen LogP contribution in [0.15, 0.2) is 23.2 Å². The summed E-state index contributed by atoms with van der Waals surface area (Å²) in [7, 11) is 0. The number of amides is 1. The fraction of sp³-hybridized carbons (Fsp3) is 0.467. The molecule has 0 spiro atoms. The van der Waals surface area contributed by atoms with Gasteiger partial charge >= 0.3 is 0 Å². The molecule has 1 heterocycles. The quantitative estimate of drug-likeness (QED) is 0.834. The summed E-state index contributed by atoms with van der Waals surface area (Å²) in [4.78, 5) is 15.7. The smallest absolute Gasteiger partial charge is 0.223 e. The van der Waals surface area contributed by atoms with Crippen LogP contribution in [0.4, 0.5) is 0 Å². The molecule has 2 aliphatic rings. The van der Waals surface area contributed by atoms with Crippen molar-refractivity contribution in [3.05, 3.63) is 33.8 Å². The van der Waals surface area contributed by atoms with E-state index < -0.39 is 0 Å². The molecule has 1 fully saturated rings. The Labute approximate surface area is 133 Å². The number of nitrogens with zero attached hydrogens (tertiary/aromatic N) is 1. The highest BCUT2D eigenvalue weighted by Gasteiger charge is 2.45. The minimum atomic E-state index is -0.105. The highest BCUT2D eigenvalue weighted by molar-refractivity contribution is 6.34. The van der Waals surface area contributed by atoms with Gasteiger partial charge in [0.25, 0.3) is 0 Å². The van der Waals surface area contributed by atoms with Gasteiger partial charge in [0.15, 0.2) is 5.96 Å². The maximum absolute atomic E-state index is 11.1. The van der Waals surface area contributed by atoms with Crippen LogP contribution in [0.2, 0.25) is 10.0 Å². The zero-order valence-electron chi connectivity index (χ0n) is 11.9. The summed E-state index contributed by atoms with van der Waals surface area (Å²) < 4.78 is 0. The van der Waals surface area contributed by atoms with Gasteiger partial charge in [0.1, 0.15) is 0 Å². The lowest BCUT2D eigenvalue weighted by Crippen LogP contribution is -2.41. The van der Waals surface area contributed by atoms with E-state index in [4.69, 9.17) is 23.2 Å². The summed E-state index contributed by atoms with van der Waals surface area (Å²) >= 11 is 12.2. The molecule has 2 N–H and O–H groups in total. The summed E-state index contributed by atoms with van der Waals surface area (Å²) in [6.07, 6.45) is 0.953. The largest absolute Gasteiger partial charge is 0.351 e. The highest BCUT2D eigenvalue weighted by atomic mass is 35.5. The first-order valence-electron chi connectivity index (χ1n) is 7.02. The van der Waals surface area contributed by atoms with Gasteiger partial charge in [-0.2, -0.15) is 0 Å². The van der Waals surface area contributed by atoms with Crippen LogP contribution in [-0.2, 0) is 4.79 Å². The van der Waals surface area contributed by atoms with E-state index in [1.165, 1.54) is 6.92 Å². The van der Waals surface area contributed by atoms with Crippen molar-refractivity contribution >= 4 is 35.1 Å². The molecule has 0 saturated heterocycles. The fourth-order valence-electron chi connectivity index (χ4n) is 3.41. The molecule has 1 amide bonds. The molecule has 0 radical (unpaired) electrons. The number of guanidine groups is 1. The molecule has 3 rings (SSSR count). The lowest BCUT2D eigenvalue weighted by atomic mass is 9.89. The van der Waals surface area contributed by atoms with Crippen molar-refractivity contribution in [2.45, 2.75) is 38.3 Å². The van der Waals surface area contributed by atoms with Crippen LogP contribution < -0.4 is 10.6 Å². The topological polar surface area (TPSA) is 53.5 Å². The Kier molecular flexibility index (Phi) is 3.84. The number of rotatable bonds is 1.